The Morgan fingerprint density at radius 1 is 0.895 bits per heavy atom. The minimum absolute atomic E-state index is 0.0702. The Balaban J connectivity index is 1.40. The van der Waals surface area contributed by atoms with E-state index in [1.807, 2.05) is 32.3 Å². The summed E-state index contributed by atoms with van der Waals surface area (Å²) in [6.07, 6.45) is 8.23. The number of likely N-dealkylation sites (N-methyl/N-ethyl adjacent to an activating group) is 1. The van der Waals surface area contributed by atoms with Gasteiger partial charge in [0.15, 0.2) is 0 Å². The van der Waals surface area contributed by atoms with E-state index >= 15 is 0 Å². The SMILES string of the molecule is CN(C)CCNc1cc(F)cc(-c2cncc3[nH]c(-c4n[nH]c5cnc(-c6cncc(O)c6)cc45)cc23)c1. The monoisotopic (exact) mass is 508 g/mol. The van der Waals surface area contributed by atoms with E-state index < -0.39 is 0 Å². The predicted octanol–water partition coefficient (Wildman–Crippen LogP) is 5.05. The maximum atomic E-state index is 14.6. The molecule has 4 N–H and O–H groups in total. The number of rotatable bonds is 7. The lowest BCUT2D eigenvalue weighted by molar-refractivity contribution is 0.425. The van der Waals surface area contributed by atoms with Gasteiger partial charge in [0.25, 0.3) is 0 Å². The van der Waals surface area contributed by atoms with Crippen LogP contribution in [0.15, 0.2) is 67.4 Å². The molecule has 0 amide bonds. The highest BCUT2D eigenvalue weighted by atomic mass is 19.1. The van der Waals surface area contributed by atoms with E-state index in [2.05, 4.69) is 40.3 Å². The number of anilines is 1. The van der Waals surface area contributed by atoms with Crippen LogP contribution in [0.4, 0.5) is 10.1 Å². The maximum Gasteiger partial charge on any atom is 0.134 e. The van der Waals surface area contributed by atoms with Gasteiger partial charge in [-0.2, -0.15) is 5.10 Å². The molecule has 0 aliphatic rings. The Morgan fingerprint density at radius 2 is 1.76 bits per heavy atom. The van der Waals surface area contributed by atoms with Gasteiger partial charge in [0.2, 0.25) is 0 Å². The molecule has 5 aromatic heterocycles. The fraction of sp³-hybridized carbons (Fsp3) is 0.143. The summed E-state index contributed by atoms with van der Waals surface area (Å²) in [7, 11) is 4.00. The van der Waals surface area contributed by atoms with Gasteiger partial charge in [0, 0.05) is 53.1 Å². The van der Waals surface area contributed by atoms with Crippen LogP contribution >= 0.6 is 0 Å². The van der Waals surface area contributed by atoms with Crippen LogP contribution in [0.25, 0.3) is 55.6 Å². The van der Waals surface area contributed by atoms with Gasteiger partial charge < -0.3 is 20.3 Å². The number of nitrogens with zero attached hydrogens (tertiary/aromatic N) is 5. The van der Waals surface area contributed by atoms with Crippen molar-refractivity contribution in [3.8, 4) is 39.5 Å². The molecule has 1 aromatic carbocycles. The lowest BCUT2D eigenvalue weighted by Gasteiger charge is -2.13. The van der Waals surface area contributed by atoms with Crippen molar-refractivity contribution in [3.05, 3.63) is 73.2 Å². The second-order valence-corrected chi connectivity index (χ2v) is 9.41. The van der Waals surface area contributed by atoms with Crippen LogP contribution < -0.4 is 5.32 Å². The van der Waals surface area contributed by atoms with Crippen LogP contribution in [0.3, 0.4) is 0 Å². The number of hydrogen-bond donors (Lipinski definition) is 4. The first kappa shape index (κ1) is 23.6. The highest BCUT2D eigenvalue weighted by Gasteiger charge is 2.16. The Bertz CT molecular complexity index is 1770. The average Bonchev–Trinajstić information content (AvgIpc) is 3.51. The van der Waals surface area contributed by atoms with Gasteiger partial charge in [0.05, 0.1) is 41.0 Å². The first-order chi connectivity index (χ1) is 18.4. The topological polar surface area (TPSA) is 119 Å². The van der Waals surface area contributed by atoms with Crippen molar-refractivity contribution in [3.63, 3.8) is 0 Å². The third kappa shape index (κ3) is 4.53. The normalized spacial score (nSPS) is 11.6. The molecule has 0 spiro atoms. The summed E-state index contributed by atoms with van der Waals surface area (Å²) >= 11 is 0. The molecule has 0 saturated heterocycles. The number of fused-ring (bicyclic) bond motifs is 2. The Kier molecular flexibility index (Phi) is 5.93. The second-order valence-electron chi connectivity index (χ2n) is 9.41. The number of H-pyrrole nitrogens is 2. The lowest BCUT2D eigenvalue weighted by Crippen LogP contribution is -2.20. The first-order valence-electron chi connectivity index (χ1n) is 12.1. The van der Waals surface area contributed by atoms with E-state index in [9.17, 15) is 9.50 Å². The molecule has 5 heterocycles. The predicted molar refractivity (Wildman–Crippen MR) is 146 cm³/mol. The molecule has 9 nitrogen and oxygen atoms in total. The number of aromatic hydroxyl groups is 1. The van der Waals surface area contributed by atoms with Crippen molar-refractivity contribution in [2.75, 3.05) is 32.5 Å². The van der Waals surface area contributed by atoms with Gasteiger partial charge in [-0.25, -0.2) is 4.39 Å². The molecule has 0 bridgehead atoms. The van der Waals surface area contributed by atoms with Crippen LogP contribution in [0, 0.1) is 5.82 Å². The number of nitrogens with one attached hydrogen (secondary N) is 3. The zero-order valence-corrected chi connectivity index (χ0v) is 20.8. The van der Waals surface area contributed by atoms with Crippen LogP contribution in [0.5, 0.6) is 5.75 Å². The highest BCUT2D eigenvalue weighted by molar-refractivity contribution is 6.01. The van der Waals surface area contributed by atoms with E-state index in [4.69, 9.17) is 0 Å². The molecule has 0 aliphatic heterocycles. The Morgan fingerprint density at radius 3 is 2.61 bits per heavy atom. The summed E-state index contributed by atoms with van der Waals surface area (Å²) in [6.45, 7) is 1.54. The number of hydrogen-bond acceptors (Lipinski definition) is 7. The van der Waals surface area contributed by atoms with Crippen molar-refractivity contribution >= 4 is 27.5 Å². The van der Waals surface area contributed by atoms with Gasteiger partial charge >= 0.3 is 0 Å². The van der Waals surface area contributed by atoms with Crippen molar-refractivity contribution in [2.24, 2.45) is 0 Å². The zero-order chi connectivity index (χ0) is 26.2. The highest BCUT2D eigenvalue weighted by Crippen LogP contribution is 2.35. The Labute approximate surface area is 217 Å². The fourth-order valence-electron chi connectivity index (χ4n) is 4.53. The van der Waals surface area contributed by atoms with E-state index in [1.165, 1.54) is 18.3 Å². The van der Waals surface area contributed by atoms with Gasteiger partial charge in [-0.05, 0) is 56.1 Å². The molecule has 0 atom stereocenters. The third-order valence-corrected chi connectivity index (χ3v) is 6.36. The van der Waals surface area contributed by atoms with Crippen molar-refractivity contribution < 1.29 is 9.50 Å². The standard InChI is InChI=1S/C28H25FN8O/c1-37(2)4-3-32-19-6-16(5-18(29)8-19)23-13-31-14-26-21(23)9-25(34-26)28-22-10-24(33-15-27(22)35-36-28)17-7-20(38)12-30-11-17/h5-15,32,34,38H,3-4H2,1-2H3,(H,35,36). The number of aromatic nitrogens is 6. The van der Waals surface area contributed by atoms with Crippen LogP contribution in [0.1, 0.15) is 0 Å². The summed E-state index contributed by atoms with van der Waals surface area (Å²) < 4.78 is 14.6. The van der Waals surface area contributed by atoms with Crippen LogP contribution in [0.2, 0.25) is 0 Å². The molecule has 0 unspecified atom stereocenters. The fourth-order valence-corrected chi connectivity index (χ4v) is 4.53. The van der Waals surface area contributed by atoms with E-state index in [0.717, 1.165) is 50.9 Å². The number of pyridine rings is 3. The van der Waals surface area contributed by atoms with Gasteiger partial charge in [0.1, 0.15) is 17.3 Å². The molecular weight excluding hydrogens is 483 g/mol. The van der Waals surface area contributed by atoms with E-state index in [1.54, 1.807) is 30.9 Å². The molecule has 0 fully saturated rings. The minimum Gasteiger partial charge on any atom is -0.506 e. The zero-order valence-electron chi connectivity index (χ0n) is 20.8. The molecule has 0 saturated carbocycles. The number of halogens is 1. The molecule has 38 heavy (non-hydrogen) atoms. The second kappa shape index (κ2) is 9.56. The maximum absolute atomic E-state index is 14.6. The molecule has 0 radical (unpaired) electrons. The quantitative estimate of drug-likeness (QED) is 0.238. The van der Waals surface area contributed by atoms with Crippen molar-refractivity contribution in [1.29, 1.82) is 0 Å². The molecule has 6 aromatic rings. The summed E-state index contributed by atoms with van der Waals surface area (Å²) in [5.41, 5.74) is 6.70. The van der Waals surface area contributed by atoms with Crippen LogP contribution in [-0.4, -0.2) is 67.3 Å². The molecule has 0 aliphatic carbocycles. The van der Waals surface area contributed by atoms with Crippen molar-refractivity contribution in [2.45, 2.75) is 0 Å². The van der Waals surface area contributed by atoms with Gasteiger partial charge in [-0.3, -0.25) is 20.1 Å². The third-order valence-electron chi connectivity index (χ3n) is 6.36. The molecular formula is C28H25FN8O. The first-order valence-corrected chi connectivity index (χ1v) is 12.1. The Hall–Kier alpha value is -4.83. The summed E-state index contributed by atoms with van der Waals surface area (Å²) in [6, 6.07) is 10.5. The van der Waals surface area contributed by atoms with Crippen molar-refractivity contribution in [1.82, 2.24) is 35.0 Å². The van der Waals surface area contributed by atoms with Gasteiger partial charge in [-0.1, -0.05) is 0 Å². The molecule has 190 valence electrons. The number of benzene rings is 1. The summed E-state index contributed by atoms with van der Waals surface area (Å²) in [4.78, 5) is 18.4. The average molecular weight is 509 g/mol. The largest absolute Gasteiger partial charge is 0.506 e. The van der Waals surface area contributed by atoms with E-state index in [-0.39, 0.29) is 11.6 Å². The van der Waals surface area contributed by atoms with E-state index in [0.29, 0.717) is 23.5 Å². The lowest BCUT2D eigenvalue weighted by atomic mass is 10.0. The van der Waals surface area contributed by atoms with Gasteiger partial charge in [-0.15, -0.1) is 0 Å². The van der Waals surface area contributed by atoms with Crippen LogP contribution in [-0.2, 0) is 0 Å². The minimum atomic E-state index is -0.317. The molecule has 6 rings (SSSR count). The molecule has 10 heteroatoms. The number of aromatic amines is 2. The summed E-state index contributed by atoms with van der Waals surface area (Å²) in [5.74, 6) is -0.247. The smallest absolute Gasteiger partial charge is 0.134 e. The summed E-state index contributed by atoms with van der Waals surface area (Å²) in [5, 5.41) is 22.5.